The predicted octanol–water partition coefficient (Wildman–Crippen LogP) is 4.19. The maximum atomic E-state index is 13.2. The van der Waals surface area contributed by atoms with Gasteiger partial charge in [-0.1, -0.05) is 30.3 Å². The van der Waals surface area contributed by atoms with E-state index in [4.69, 9.17) is 0 Å². The molecule has 6 nitrogen and oxygen atoms in total. The molecule has 0 bridgehead atoms. The zero-order valence-electron chi connectivity index (χ0n) is 14.9. The Morgan fingerprint density at radius 3 is 2.48 bits per heavy atom. The van der Waals surface area contributed by atoms with Crippen molar-refractivity contribution in [3.63, 3.8) is 0 Å². The van der Waals surface area contributed by atoms with Crippen molar-refractivity contribution < 1.29 is 9.72 Å². The molecule has 1 heterocycles. The zero-order chi connectivity index (χ0) is 19.2. The molecule has 1 amide bonds. The molecule has 3 rings (SSSR count). The number of nitro groups is 1. The van der Waals surface area contributed by atoms with E-state index < -0.39 is 10.8 Å². The van der Waals surface area contributed by atoms with Crippen molar-refractivity contribution in [3.8, 4) is 0 Å². The lowest BCUT2D eigenvalue weighted by molar-refractivity contribution is -0.385. The Kier molecular flexibility index (Phi) is 5.56. The Bertz CT molecular complexity index is 943. The van der Waals surface area contributed by atoms with Crippen molar-refractivity contribution >= 4 is 17.3 Å². The molecule has 0 aliphatic rings. The lowest BCUT2D eigenvalue weighted by atomic mass is 10.1. The summed E-state index contributed by atoms with van der Waals surface area (Å²) in [5, 5.41) is 11.4. The van der Waals surface area contributed by atoms with Crippen molar-refractivity contribution in [2.75, 3.05) is 11.4 Å². The smallest absolute Gasteiger partial charge is 0.282 e. The van der Waals surface area contributed by atoms with Gasteiger partial charge in [0.2, 0.25) is 0 Å². The van der Waals surface area contributed by atoms with Crippen molar-refractivity contribution in [3.05, 3.63) is 99.9 Å². The minimum atomic E-state index is -0.519. The van der Waals surface area contributed by atoms with Crippen LogP contribution in [0, 0.1) is 17.0 Å². The third-order valence-electron chi connectivity index (χ3n) is 4.21. The van der Waals surface area contributed by atoms with Gasteiger partial charge in [-0.3, -0.25) is 19.9 Å². The normalized spacial score (nSPS) is 10.4. The van der Waals surface area contributed by atoms with Crippen LogP contribution in [-0.2, 0) is 6.42 Å². The summed E-state index contributed by atoms with van der Waals surface area (Å²) in [6.07, 6.45) is 2.25. The van der Waals surface area contributed by atoms with E-state index in [0.717, 1.165) is 11.3 Å². The highest BCUT2D eigenvalue weighted by molar-refractivity contribution is 6.08. The fourth-order valence-corrected chi connectivity index (χ4v) is 2.85. The first-order valence-corrected chi connectivity index (χ1v) is 8.58. The van der Waals surface area contributed by atoms with Crippen LogP contribution in [0.15, 0.2) is 72.9 Å². The van der Waals surface area contributed by atoms with Gasteiger partial charge in [-0.15, -0.1) is 0 Å². The summed E-state index contributed by atoms with van der Waals surface area (Å²) in [6, 6.07) is 19.4. The highest BCUT2D eigenvalue weighted by Gasteiger charge is 2.25. The molecule has 0 radical (unpaired) electrons. The van der Waals surface area contributed by atoms with Crippen LogP contribution in [0.5, 0.6) is 0 Å². The van der Waals surface area contributed by atoms with E-state index >= 15 is 0 Å². The van der Waals surface area contributed by atoms with E-state index in [1.54, 1.807) is 30.2 Å². The second-order valence-electron chi connectivity index (χ2n) is 6.14. The van der Waals surface area contributed by atoms with Gasteiger partial charge in [0.1, 0.15) is 5.56 Å². The second kappa shape index (κ2) is 8.23. The summed E-state index contributed by atoms with van der Waals surface area (Å²) in [5.41, 5.74) is 2.23. The highest BCUT2D eigenvalue weighted by Crippen LogP contribution is 2.25. The number of rotatable bonds is 6. The van der Waals surface area contributed by atoms with E-state index in [-0.39, 0.29) is 11.3 Å². The van der Waals surface area contributed by atoms with Gasteiger partial charge in [-0.2, -0.15) is 0 Å². The molecule has 6 heteroatoms. The van der Waals surface area contributed by atoms with Crippen LogP contribution in [0.3, 0.4) is 0 Å². The monoisotopic (exact) mass is 361 g/mol. The van der Waals surface area contributed by atoms with Crippen molar-refractivity contribution in [2.45, 2.75) is 13.3 Å². The van der Waals surface area contributed by atoms with E-state index in [0.29, 0.717) is 18.7 Å². The van der Waals surface area contributed by atoms with Crippen molar-refractivity contribution in [2.24, 2.45) is 0 Å². The number of carbonyl (C=O) groups excluding carboxylic acids is 1. The lowest BCUT2D eigenvalue weighted by Gasteiger charge is -2.23. The Morgan fingerprint density at radius 2 is 1.81 bits per heavy atom. The first-order chi connectivity index (χ1) is 13.1. The summed E-state index contributed by atoms with van der Waals surface area (Å²) in [4.78, 5) is 30.0. The third kappa shape index (κ3) is 4.36. The molecular formula is C21H19N3O3. The van der Waals surface area contributed by atoms with Gasteiger partial charge in [0.15, 0.2) is 0 Å². The SMILES string of the molecule is Cc1ccc([N+](=O)[O-])c(C(=O)N(CCc2ccccn2)c2ccccc2)c1. The molecule has 3 aromatic rings. The quantitative estimate of drug-likeness (QED) is 0.487. The molecule has 0 saturated carbocycles. The molecule has 0 atom stereocenters. The summed E-state index contributed by atoms with van der Waals surface area (Å²) in [6.45, 7) is 2.17. The summed E-state index contributed by atoms with van der Waals surface area (Å²) in [7, 11) is 0. The number of para-hydroxylation sites is 1. The van der Waals surface area contributed by atoms with Gasteiger partial charge in [0, 0.05) is 36.6 Å². The van der Waals surface area contributed by atoms with E-state index in [1.165, 1.54) is 6.07 Å². The molecule has 0 spiro atoms. The molecule has 0 fully saturated rings. The average Bonchev–Trinajstić information content (AvgIpc) is 2.69. The second-order valence-corrected chi connectivity index (χ2v) is 6.14. The minimum Gasteiger partial charge on any atom is -0.308 e. The third-order valence-corrected chi connectivity index (χ3v) is 4.21. The van der Waals surface area contributed by atoms with E-state index in [9.17, 15) is 14.9 Å². The van der Waals surface area contributed by atoms with E-state index in [1.807, 2.05) is 48.5 Å². The number of carbonyl (C=O) groups is 1. The van der Waals surface area contributed by atoms with Crippen LogP contribution in [0.25, 0.3) is 0 Å². The maximum absolute atomic E-state index is 13.2. The number of aromatic nitrogens is 1. The van der Waals surface area contributed by atoms with Gasteiger partial charge < -0.3 is 4.90 Å². The molecule has 0 saturated heterocycles. The zero-order valence-corrected chi connectivity index (χ0v) is 14.9. The fraction of sp³-hybridized carbons (Fsp3) is 0.143. The van der Waals surface area contributed by atoms with Gasteiger partial charge in [-0.25, -0.2) is 0 Å². The number of pyridine rings is 1. The lowest BCUT2D eigenvalue weighted by Crippen LogP contribution is -2.33. The molecule has 1 aromatic heterocycles. The number of amides is 1. The number of hydrogen-bond acceptors (Lipinski definition) is 4. The molecular weight excluding hydrogens is 342 g/mol. The highest BCUT2D eigenvalue weighted by atomic mass is 16.6. The van der Waals surface area contributed by atoms with E-state index in [2.05, 4.69) is 4.98 Å². The van der Waals surface area contributed by atoms with Gasteiger partial charge in [0.05, 0.1) is 4.92 Å². The molecule has 0 unspecified atom stereocenters. The van der Waals surface area contributed by atoms with Gasteiger partial charge in [0.25, 0.3) is 11.6 Å². The Morgan fingerprint density at radius 1 is 1.07 bits per heavy atom. The number of benzene rings is 2. The summed E-state index contributed by atoms with van der Waals surface area (Å²) < 4.78 is 0. The topological polar surface area (TPSA) is 76.3 Å². The van der Waals surface area contributed by atoms with Crippen LogP contribution >= 0.6 is 0 Å². The molecule has 0 aliphatic carbocycles. The molecule has 0 N–H and O–H groups in total. The molecule has 2 aromatic carbocycles. The van der Waals surface area contributed by atoms with Crippen molar-refractivity contribution in [1.82, 2.24) is 4.98 Å². The number of nitrogens with zero attached hydrogens (tertiary/aromatic N) is 3. The number of anilines is 1. The van der Waals surface area contributed by atoms with Crippen LogP contribution in [0.2, 0.25) is 0 Å². The largest absolute Gasteiger partial charge is 0.308 e. The first kappa shape index (κ1) is 18.3. The molecule has 27 heavy (non-hydrogen) atoms. The maximum Gasteiger partial charge on any atom is 0.282 e. The first-order valence-electron chi connectivity index (χ1n) is 8.58. The number of hydrogen-bond donors (Lipinski definition) is 0. The standard InChI is InChI=1S/C21H19N3O3/c1-16-10-11-20(24(26)27)19(15-16)21(25)23(18-8-3-2-4-9-18)14-12-17-7-5-6-13-22-17/h2-11,13,15H,12,14H2,1H3. The predicted molar refractivity (Wildman–Crippen MR) is 104 cm³/mol. The number of aryl methyl sites for hydroxylation is 1. The van der Waals surface area contributed by atoms with Crippen molar-refractivity contribution in [1.29, 1.82) is 0 Å². The minimum absolute atomic E-state index is 0.0878. The Hall–Kier alpha value is -3.54. The average molecular weight is 361 g/mol. The Labute approximate surface area is 157 Å². The van der Waals surface area contributed by atoms with Crippen LogP contribution in [-0.4, -0.2) is 22.4 Å². The van der Waals surface area contributed by atoms with Crippen LogP contribution < -0.4 is 4.90 Å². The summed E-state index contributed by atoms with van der Waals surface area (Å²) >= 11 is 0. The molecule has 136 valence electrons. The van der Waals surface area contributed by atoms with Crippen LogP contribution in [0.1, 0.15) is 21.6 Å². The number of nitro benzene ring substituents is 1. The van der Waals surface area contributed by atoms with Gasteiger partial charge in [-0.05, 0) is 42.8 Å². The molecule has 0 aliphatic heterocycles. The fourth-order valence-electron chi connectivity index (χ4n) is 2.85. The summed E-state index contributed by atoms with van der Waals surface area (Å²) in [5.74, 6) is -0.396. The van der Waals surface area contributed by atoms with Crippen LogP contribution in [0.4, 0.5) is 11.4 Å². The Balaban J connectivity index is 1.96. The van der Waals surface area contributed by atoms with Gasteiger partial charge >= 0.3 is 0 Å².